The Hall–Kier alpha value is -1.58. The lowest BCUT2D eigenvalue weighted by atomic mass is 9.97. The molecule has 0 radical (unpaired) electrons. The van der Waals surface area contributed by atoms with Gasteiger partial charge in [0.25, 0.3) is 0 Å². The van der Waals surface area contributed by atoms with Crippen molar-refractivity contribution in [3.63, 3.8) is 0 Å². The Kier molecular flexibility index (Phi) is 5.52. The topological polar surface area (TPSA) is 46.9 Å². The third-order valence-corrected chi connectivity index (χ3v) is 5.21. The van der Waals surface area contributed by atoms with Crippen LogP contribution in [0.1, 0.15) is 75.6 Å². The summed E-state index contributed by atoms with van der Waals surface area (Å²) in [6, 6.07) is 0.315. The zero-order chi connectivity index (χ0) is 16.1. The molecule has 2 aliphatic rings. The summed E-state index contributed by atoms with van der Waals surface area (Å²) in [7, 11) is 0. The maximum atomic E-state index is 12.8. The van der Waals surface area contributed by atoms with Gasteiger partial charge in [-0.25, -0.2) is 4.98 Å². The number of nitrogens with zero attached hydrogens (tertiary/aromatic N) is 2. The lowest BCUT2D eigenvalue weighted by Crippen LogP contribution is -2.38. The van der Waals surface area contributed by atoms with Crippen molar-refractivity contribution in [2.45, 2.75) is 83.2 Å². The van der Waals surface area contributed by atoms with Crippen LogP contribution in [0, 0.1) is 0 Å². The van der Waals surface area contributed by atoms with Crippen molar-refractivity contribution < 1.29 is 4.79 Å². The molecule has 0 fully saturated rings. The van der Waals surface area contributed by atoms with E-state index in [0.717, 1.165) is 44.3 Å². The summed E-state index contributed by atoms with van der Waals surface area (Å²) in [6.07, 6.45) is 16.4. The van der Waals surface area contributed by atoms with Gasteiger partial charge in [-0.2, -0.15) is 0 Å². The first-order valence-electron chi connectivity index (χ1n) is 9.29. The molecular weight excluding hydrogens is 286 g/mol. The molecule has 1 aliphatic heterocycles. The normalized spacial score (nSPS) is 24.1. The van der Waals surface area contributed by atoms with E-state index >= 15 is 0 Å². The minimum absolute atomic E-state index is 0.0903. The molecule has 23 heavy (non-hydrogen) atoms. The Labute approximate surface area is 139 Å². The van der Waals surface area contributed by atoms with Gasteiger partial charge in [0.15, 0.2) is 0 Å². The number of imidazole rings is 1. The van der Waals surface area contributed by atoms with Crippen LogP contribution in [0.15, 0.2) is 18.5 Å². The number of hydrogen-bond acceptors (Lipinski definition) is 2. The molecular formula is C19H29N3O. The molecule has 1 aliphatic carbocycles. The second-order valence-corrected chi connectivity index (χ2v) is 6.87. The zero-order valence-corrected chi connectivity index (χ0v) is 14.3. The summed E-state index contributed by atoms with van der Waals surface area (Å²) < 4.78 is 2.22. The standard InChI is InChI=1S/C19H29N3O/c1-2-16(18-17-12-9-13-22(17)14-20-18)19(23)21-15-10-7-5-3-4-6-8-11-15/h3,5,14-16H,2,4,6-13H2,1H3,(H,21,23)/b5-3-/t15?,16-/m0/s1. The second kappa shape index (κ2) is 7.80. The van der Waals surface area contributed by atoms with E-state index in [4.69, 9.17) is 0 Å². The molecule has 1 amide bonds. The van der Waals surface area contributed by atoms with Crippen LogP contribution in [-0.4, -0.2) is 21.5 Å². The van der Waals surface area contributed by atoms with Crippen molar-refractivity contribution in [2.24, 2.45) is 0 Å². The number of nitrogens with one attached hydrogen (secondary N) is 1. The van der Waals surface area contributed by atoms with Gasteiger partial charge in [-0.15, -0.1) is 0 Å². The number of rotatable bonds is 4. The highest BCUT2D eigenvalue weighted by Gasteiger charge is 2.28. The van der Waals surface area contributed by atoms with Gasteiger partial charge < -0.3 is 9.88 Å². The molecule has 1 N–H and O–H groups in total. The maximum Gasteiger partial charge on any atom is 0.229 e. The molecule has 1 aromatic heterocycles. The minimum Gasteiger partial charge on any atom is -0.353 e. The van der Waals surface area contributed by atoms with E-state index in [9.17, 15) is 4.79 Å². The van der Waals surface area contributed by atoms with E-state index in [2.05, 4.69) is 33.9 Å². The number of aryl methyl sites for hydroxylation is 1. The SMILES string of the molecule is CC[C@H](C(=O)NC1CC/C=C\CCCC1)c1ncn2c1CCC2. The third kappa shape index (κ3) is 3.85. The highest BCUT2D eigenvalue weighted by atomic mass is 16.2. The molecule has 0 saturated heterocycles. The minimum atomic E-state index is -0.0903. The Morgan fingerprint density at radius 1 is 1.30 bits per heavy atom. The molecule has 4 heteroatoms. The third-order valence-electron chi connectivity index (χ3n) is 5.21. The van der Waals surface area contributed by atoms with E-state index in [-0.39, 0.29) is 11.8 Å². The van der Waals surface area contributed by atoms with Gasteiger partial charge in [0.2, 0.25) is 5.91 Å². The Balaban J connectivity index is 1.66. The van der Waals surface area contributed by atoms with Crippen LogP contribution < -0.4 is 5.32 Å². The van der Waals surface area contributed by atoms with Crippen LogP contribution in [0.4, 0.5) is 0 Å². The molecule has 2 heterocycles. The molecule has 1 aromatic rings. The number of allylic oxidation sites excluding steroid dienone is 2. The van der Waals surface area contributed by atoms with E-state index in [0.29, 0.717) is 6.04 Å². The summed E-state index contributed by atoms with van der Waals surface area (Å²) in [5.41, 5.74) is 2.30. The van der Waals surface area contributed by atoms with Crippen LogP contribution in [0.3, 0.4) is 0 Å². The second-order valence-electron chi connectivity index (χ2n) is 6.87. The number of carbonyl (C=O) groups is 1. The molecule has 126 valence electrons. The average molecular weight is 315 g/mol. The van der Waals surface area contributed by atoms with Crippen molar-refractivity contribution in [1.82, 2.24) is 14.9 Å². The van der Waals surface area contributed by atoms with Crippen LogP contribution in [-0.2, 0) is 17.8 Å². The van der Waals surface area contributed by atoms with Gasteiger partial charge in [0.05, 0.1) is 17.9 Å². The lowest BCUT2D eigenvalue weighted by Gasteiger charge is -2.21. The first-order chi connectivity index (χ1) is 11.3. The highest BCUT2D eigenvalue weighted by molar-refractivity contribution is 5.83. The Bertz CT molecular complexity index is 561. The van der Waals surface area contributed by atoms with Crippen molar-refractivity contribution >= 4 is 5.91 Å². The molecule has 4 nitrogen and oxygen atoms in total. The first kappa shape index (κ1) is 16.3. The van der Waals surface area contributed by atoms with Gasteiger partial charge >= 0.3 is 0 Å². The number of amides is 1. The molecule has 0 aromatic carbocycles. The number of fused-ring (bicyclic) bond motifs is 1. The average Bonchev–Trinajstić information content (AvgIpc) is 3.16. The van der Waals surface area contributed by atoms with Crippen molar-refractivity contribution in [2.75, 3.05) is 0 Å². The zero-order valence-electron chi connectivity index (χ0n) is 14.3. The predicted octanol–water partition coefficient (Wildman–Crippen LogP) is 3.72. The van der Waals surface area contributed by atoms with Crippen LogP contribution >= 0.6 is 0 Å². The smallest absolute Gasteiger partial charge is 0.229 e. The van der Waals surface area contributed by atoms with Gasteiger partial charge in [-0.1, -0.05) is 25.5 Å². The highest BCUT2D eigenvalue weighted by Crippen LogP contribution is 2.27. The summed E-state index contributed by atoms with van der Waals surface area (Å²) in [5, 5.41) is 3.32. The quantitative estimate of drug-likeness (QED) is 0.861. The summed E-state index contributed by atoms with van der Waals surface area (Å²) >= 11 is 0. The summed E-state index contributed by atoms with van der Waals surface area (Å²) in [5.74, 6) is 0.0849. The molecule has 2 atom stereocenters. The molecule has 0 spiro atoms. The summed E-state index contributed by atoms with van der Waals surface area (Å²) in [6.45, 7) is 3.15. The van der Waals surface area contributed by atoms with Crippen molar-refractivity contribution in [3.8, 4) is 0 Å². The van der Waals surface area contributed by atoms with Gasteiger partial charge in [-0.3, -0.25) is 4.79 Å². The van der Waals surface area contributed by atoms with Crippen LogP contribution in [0.5, 0.6) is 0 Å². The van der Waals surface area contributed by atoms with Gasteiger partial charge in [0.1, 0.15) is 0 Å². The number of carbonyl (C=O) groups excluding carboxylic acids is 1. The van der Waals surface area contributed by atoms with E-state index < -0.39 is 0 Å². The fourth-order valence-electron chi connectivity index (χ4n) is 3.87. The molecule has 0 bridgehead atoms. The molecule has 0 saturated carbocycles. The monoisotopic (exact) mass is 315 g/mol. The lowest BCUT2D eigenvalue weighted by molar-refractivity contribution is -0.123. The van der Waals surface area contributed by atoms with Gasteiger partial charge in [0, 0.05) is 18.3 Å². The van der Waals surface area contributed by atoms with E-state index in [1.165, 1.54) is 31.4 Å². The van der Waals surface area contributed by atoms with E-state index in [1.54, 1.807) is 0 Å². The largest absolute Gasteiger partial charge is 0.353 e. The predicted molar refractivity (Wildman–Crippen MR) is 92.4 cm³/mol. The Morgan fingerprint density at radius 3 is 3.04 bits per heavy atom. The fraction of sp³-hybridized carbons (Fsp3) is 0.684. The van der Waals surface area contributed by atoms with E-state index in [1.807, 2.05) is 6.33 Å². The summed E-state index contributed by atoms with van der Waals surface area (Å²) in [4.78, 5) is 17.4. The molecule has 3 rings (SSSR count). The number of aromatic nitrogens is 2. The van der Waals surface area contributed by atoms with Crippen molar-refractivity contribution in [1.29, 1.82) is 0 Å². The van der Waals surface area contributed by atoms with Crippen molar-refractivity contribution in [3.05, 3.63) is 29.9 Å². The van der Waals surface area contributed by atoms with Gasteiger partial charge in [-0.05, 0) is 51.4 Å². The van der Waals surface area contributed by atoms with Crippen LogP contribution in [0.25, 0.3) is 0 Å². The first-order valence-corrected chi connectivity index (χ1v) is 9.29. The number of hydrogen-bond donors (Lipinski definition) is 1. The Morgan fingerprint density at radius 2 is 2.17 bits per heavy atom. The molecule has 1 unspecified atom stereocenters. The van der Waals surface area contributed by atoms with Crippen LogP contribution in [0.2, 0.25) is 0 Å². The fourth-order valence-corrected chi connectivity index (χ4v) is 3.87. The maximum absolute atomic E-state index is 12.8.